The first-order valence-electron chi connectivity index (χ1n) is 6.74. The average molecular weight is 341 g/mol. The van der Waals surface area contributed by atoms with E-state index in [1.54, 1.807) is 31.6 Å². The highest BCUT2D eigenvalue weighted by atomic mass is 35.5. The summed E-state index contributed by atoms with van der Waals surface area (Å²) in [5.41, 5.74) is 0.625. The van der Waals surface area contributed by atoms with Crippen LogP contribution in [0, 0.1) is 0 Å². The molecule has 2 aromatic rings. The second-order valence-corrected chi connectivity index (χ2v) is 6.21. The summed E-state index contributed by atoms with van der Waals surface area (Å²) in [5.74, 6) is 0.440. The van der Waals surface area contributed by atoms with Crippen LogP contribution in [0.25, 0.3) is 0 Å². The quantitative estimate of drug-likeness (QED) is 0.818. The highest BCUT2D eigenvalue weighted by Crippen LogP contribution is 2.28. The van der Waals surface area contributed by atoms with Crippen molar-refractivity contribution in [3.8, 4) is 5.75 Å². The molecule has 22 heavy (non-hydrogen) atoms. The Hall–Kier alpha value is -1.73. The number of rotatable bonds is 6. The number of aryl methyl sites for hydroxylation is 1. The molecule has 0 saturated heterocycles. The predicted molar refractivity (Wildman–Crippen MR) is 87.6 cm³/mol. The Labute approximate surface area is 138 Å². The Morgan fingerprint density at radius 2 is 2.32 bits per heavy atom. The molecule has 1 heterocycles. The fourth-order valence-corrected chi connectivity index (χ4v) is 2.90. The van der Waals surface area contributed by atoms with Crippen molar-refractivity contribution in [1.29, 1.82) is 0 Å². The van der Waals surface area contributed by atoms with E-state index in [4.69, 9.17) is 16.3 Å². The van der Waals surface area contributed by atoms with E-state index in [0.29, 0.717) is 16.5 Å². The Morgan fingerprint density at radius 1 is 1.55 bits per heavy atom. The molecule has 1 N–H and O–H groups in total. The zero-order chi connectivity index (χ0) is 16.1. The predicted octanol–water partition coefficient (Wildman–Crippen LogP) is 3.08. The number of ether oxygens (including phenoxy) is 1. The van der Waals surface area contributed by atoms with E-state index >= 15 is 0 Å². The van der Waals surface area contributed by atoms with Crippen LogP contribution in [0.3, 0.4) is 0 Å². The van der Waals surface area contributed by atoms with Gasteiger partial charge in [-0.1, -0.05) is 23.4 Å². The smallest absolute Gasteiger partial charge is 0.237 e. The van der Waals surface area contributed by atoms with Gasteiger partial charge in [0.1, 0.15) is 12.1 Å². The van der Waals surface area contributed by atoms with Crippen molar-refractivity contribution in [2.45, 2.75) is 30.8 Å². The van der Waals surface area contributed by atoms with Crippen LogP contribution in [-0.4, -0.2) is 33.0 Å². The molecule has 0 aliphatic carbocycles. The van der Waals surface area contributed by atoms with E-state index in [0.717, 1.165) is 11.7 Å². The van der Waals surface area contributed by atoms with Gasteiger partial charge in [0, 0.05) is 12.2 Å². The van der Waals surface area contributed by atoms with Gasteiger partial charge in [0.15, 0.2) is 5.16 Å². The lowest BCUT2D eigenvalue weighted by Gasteiger charge is -2.12. The number of aromatic nitrogens is 3. The molecule has 118 valence electrons. The van der Waals surface area contributed by atoms with E-state index < -0.39 is 0 Å². The lowest BCUT2D eigenvalue weighted by molar-refractivity contribution is -0.115. The maximum atomic E-state index is 12.2. The molecular formula is C14H17ClN4O2S. The van der Waals surface area contributed by atoms with Gasteiger partial charge < -0.3 is 14.6 Å². The molecule has 0 spiro atoms. The molecule has 0 bridgehead atoms. The van der Waals surface area contributed by atoms with Crippen LogP contribution in [0.15, 0.2) is 29.7 Å². The standard InChI is InChI=1S/C14H17ClN4O2S/c1-4-19-8-16-18-14(19)22-9(2)13(20)17-10-5-6-12(21-3)11(15)7-10/h5-9H,4H2,1-3H3,(H,17,20)/t9-/m0/s1. The topological polar surface area (TPSA) is 69.0 Å². The van der Waals surface area contributed by atoms with Crippen molar-refractivity contribution in [2.75, 3.05) is 12.4 Å². The van der Waals surface area contributed by atoms with Crippen LogP contribution in [0.2, 0.25) is 5.02 Å². The second-order valence-electron chi connectivity index (χ2n) is 4.50. The second kappa shape index (κ2) is 7.51. The highest BCUT2D eigenvalue weighted by Gasteiger charge is 2.18. The number of hydrogen-bond donors (Lipinski definition) is 1. The summed E-state index contributed by atoms with van der Waals surface area (Å²) >= 11 is 7.40. The SMILES string of the molecule is CCn1cnnc1S[C@@H](C)C(=O)Nc1ccc(OC)c(Cl)c1. The number of anilines is 1. The van der Waals surface area contributed by atoms with Crippen molar-refractivity contribution in [3.63, 3.8) is 0 Å². The first-order valence-corrected chi connectivity index (χ1v) is 7.99. The molecule has 1 aromatic heterocycles. The number of hydrogen-bond acceptors (Lipinski definition) is 5. The molecule has 1 amide bonds. The van der Waals surface area contributed by atoms with Crippen molar-refractivity contribution >= 4 is 35.0 Å². The van der Waals surface area contributed by atoms with E-state index in [1.165, 1.54) is 11.8 Å². The van der Waals surface area contributed by atoms with Crippen LogP contribution in [0.4, 0.5) is 5.69 Å². The van der Waals surface area contributed by atoms with Crippen LogP contribution in [0.5, 0.6) is 5.75 Å². The van der Waals surface area contributed by atoms with Gasteiger partial charge in [-0.15, -0.1) is 10.2 Å². The number of nitrogens with one attached hydrogen (secondary N) is 1. The number of carbonyl (C=O) groups is 1. The molecule has 1 aromatic carbocycles. The van der Waals surface area contributed by atoms with Crippen molar-refractivity contribution in [1.82, 2.24) is 14.8 Å². The van der Waals surface area contributed by atoms with Crippen molar-refractivity contribution in [3.05, 3.63) is 29.5 Å². The summed E-state index contributed by atoms with van der Waals surface area (Å²) in [5, 5.41) is 11.5. The van der Waals surface area contributed by atoms with Gasteiger partial charge in [0.2, 0.25) is 5.91 Å². The largest absolute Gasteiger partial charge is 0.495 e. The zero-order valence-corrected chi connectivity index (χ0v) is 14.1. The normalized spacial score (nSPS) is 12.0. The van der Waals surface area contributed by atoms with E-state index in [9.17, 15) is 4.79 Å². The van der Waals surface area contributed by atoms with Crippen LogP contribution >= 0.6 is 23.4 Å². The van der Waals surface area contributed by atoms with E-state index in [1.807, 2.05) is 18.4 Å². The highest BCUT2D eigenvalue weighted by molar-refractivity contribution is 8.00. The van der Waals surface area contributed by atoms with Gasteiger partial charge in [0.05, 0.1) is 17.4 Å². The van der Waals surface area contributed by atoms with Crippen molar-refractivity contribution in [2.24, 2.45) is 0 Å². The Morgan fingerprint density at radius 3 is 2.95 bits per heavy atom. The minimum Gasteiger partial charge on any atom is -0.495 e. The summed E-state index contributed by atoms with van der Waals surface area (Å²) in [7, 11) is 1.54. The van der Waals surface area contributed by atoms with E-state index in [2.05, 4.69) is 15.5 Å². The summed E-state index contributed by atoms with van der Waals surface area (Å²) < 4.78 is 6.97. The third kappa shape index (κ3) is 3.92. The number of benzene rings is 1. The van der Waals surface area contributed by atoms with Gasteiger partial charge in [-0.3, -0.25) is 4.79 Å². The molecular weight excluding hydrogens is 324 g/mol. The average Bonchev–Trinajstić information content (AvgIpc) is 2.94. The summed E-state index contributed by atoms with van der Waals surface area (Å²) in [6.45, 7) is 4.58. The maximum absolute atomic E-state index is 12.2. The Bertz CT molecular complexity index is 662. The molecule has 1 atom stereocenters. The lowest BCUT2D eigenvalue weighted by Crippen LogP contribution is -2.22. The number of thioether (sulfide) groups is 1. The summed E-state index contributed by atoms with van der Waals surface area (Å²) in [4.78, 5) is 12.2. The number of carbonyl (C=O) groups excluding carboxylic acids is 1. The third-order valence-electron chi connectivity index (χ3n) is 2.99. The Balaban J connectivity index is 2.01. The van der Waals surface area contributed by atoms with E-state index in [-0.39, 0.29) is 11.2 Å². The fraction of sp³-hybridized carbons (Fsp3) is 0.357. The van der Waals surface area contributed by atoms with Gasteiger partial charge in [-0.2, -0.15) is 0 Å². The monoisotopic (exact) mass is 340 g/mol. The lowest BCUT2D eigenvalue weighted by atomic mass is 10.3. The minimum absolute atomic E-state index is 0.128. The maximum Gasteiger partial charge on any atom is 0.237 e. The van der Waals surface area contributed by atoms with Crippen molar-refractivity contribution < 1.29 is 9.53 Å². The first-order chi connectivity index (χ1) is 10.5. The fourth-order valence-electron chi connectivity index (χ4n) is 1.75. The summed E-state index contributed by atoms with van der Waals surface area (Å²) in [6.07, 6.45) is 1.65. The molecule has 8 heteroatoms. The molecule has 0 unspecified atom stereocenters. The number of halogens is 1. The van der Waals surface area contributed by atoms with Gasteiger partial charge in [-0.05, 0) is 32.0 Å². The van der Waals surface area contributed by atoms with Gasteiger partial charge in [-0.25, -0.2) is 0 Å². The Kier molecular flexibility index (Phi) is 5.68. The number of amides is 1. The van der Waals surface area contributed by atoms with Crippen LogP contribution in [-0.2, 0) is 11.3 Å². The molecule has 0 aliphatic heterocycles. The van der Waals surface area contributed by atoms with Gasteiger partial charge >= 0.3 is 0 Å². The molecule has 0 aliphatic rings. The number of nitrogens with zero attached hydrogens (tertiary/aromatic N) is 3. The molecule has 6 nitrogen and oxygen atoms in total. The molecule has 0 fully saturated rings. The number of methoxy groups -OCH3 is 1. The van der Waals surface area contributed by atoms with Crippen LogP contribution in [0.1, 0.15) is 13.8 Å². The first kappa shape index (κ1) is 16.6. The summed E-state index contributed by atoms with van der Waals surface area (Å²) in [6, 6.07) is 5.11. The molecule has 0 radical (unpaired) electrons. The zero-order valence-electron chi connectivity index (χ0n) is 12.5. The van der Waals surface area contributed by atoms with Crippen LogP contribution < -0.4 is 10.1 Å². The molecule has 2 rings (SSSR count). The van der Waals surface area contributed by atoms with Gasteiger partial charge in [0.25, 0.3) is 0 Å². The minimum atomic E-state index is -0.310. The molecule has 0 saturated carbocycles. The third-order valence-corrected chi connectivity index (χ3v) is 4.38.